The highest BCUT2D eigenvalue weighted by Crippen LogP contribution is 2.27. The van der Waals surface area contributed by atoms with Crippen LogP contribution >= 0.6 is 11.3 Å². The molecule has 0 aliphatic carbocycles. The minimum absolute atomic E-state index is 0.221. The number of sulfonamides is 1. The van der Waals surface area contributed by atoms with E-state index in [4.69, 9.17) is 5.73 Å². The average molecular weight is 303 g/mol. The maximum atomic E-state index is 12.7. The number of hydrogen-bond donors (Lipinski definition) is 1. The largest absolute Gasteiger partial charge is 0.326 e. The molecule has 2 heterocycles. The molecular formula is C12H21N3O2S2. The molecule has 0 radical (unpaired) electrons. The van der Waals surface area contributed by atoms with Crippen molar-refractivity contribution in [1.29, 1.82) is 0 Å². The fourth-order valence-electron chi connectivity index (χ4n) is 2.40. The molecule has 1 aromatic rings. The summed E-state index contributed by atoms with van der Waals surface area (Å²) in [6.45, 7) is 5.43. The molecule has 2 rings (SSSR count). The molecule has 0 amide bonds. The highest BCUT2D eigenvalue weighted by Gasteiger charge is 2.35. The molecule has 0 saturated carbocycles. The fourth-order valence-corrected chi connectivity index (χ4v) is 5.31. The van der Waals surface area contributed by atoms with Gasteiger partial charge in [0.1, 0.15) is 0 Å². The molecule has 0 spiro atoms. The number of nitrogens with two attached hydrogens (primary N) is 1. The van der Waals surface area contributed by atoms with Crippen LogP contribution in [0.4, 0.5) is 0 Å². The third kappa shape index (κ3) is 2.71. The molecule has 108 valence electrons. The average Bonchev–Trinajstić information content (AvgIpc) is 2.84. The van der Waals surface area contributed by atoms with Crippen LogP contribution in [0.25, 0.3) is 0 Å². The van der Waals surface area contributed by atoms with E-state index in [2.05, 4.69) is 18.7 Å². The smallest absolute Gasteiger partial charge is 0.244 e. The van der Waals surface area contributed by atoms with Gasteiger partial charge in [-0.15, -0.1) is 11.3 Å². The zero-order valence-electron chi connectivity index (χ0n) is 11.5. The van der Waals surface area contributed by atoms with Crippen LogP contribution in [0.5, 0.6) is 0 Å². The predicted molar refractivity (Wildman–Crippen MR) is 77.7 cm³/mol. The van der Waals surface area contributed by atoms with Crippen molar-refractivity contribution in [3.63, 3.8) is 0 Å². The fraction of sp³-hybridized carbons (Fsp3) is 0.667. The van der Waals surface area contributed by atoms with Crippen molar-refractivity contribution in [2.75, 3.05) is 20.1 Å². The normalized spacial score (nSPS) is 26.7. The van der Waals surface area contributed by atoms with Crippen LogP contribution in [0, 0.1) is 0 Å². The Hall–Kier alpha value is -0.470. The van der Waals surface area contributed by atoms with Gasteiger partial charge in [-0.3, -0.25) is 4.90 Å². The van der Waals surface area contributed by atoms with Gasteiger partial charge in [-0.1, -0.05) is 0 Å². The SMILES string of the molecule is CC1CN(S(=O)(=O)c2ccsc2CN)CC(C)N1C. The Labute approximate surface area is 119 Å². The van der Waals surface area contributed by atoms with Crippen LogP contribution in [0.1, 0.15) is 18.7 Å². The van der Waals surface area contributed by atoms with E-state index >= 15 is 0 Å². The third-order valence-corrected chi connectivity index (χ3v) is 6.82. The Bertz CT molecular complexity index is 529. The summed E-state index contributed by atoms with van der Waals surface area (Å²) in [5.41, 5.74) is 5.62. The van der Waals surface area contributed by atoms with Gasteiger partial charge >= 0.3 is 0 Å². The van der Waals surface area contributed by atoms with Crippen molar-refractivity contribution in [1.82, 2.24) is 9.21 Å². The molecular weight excluding hydrogens is 282 g/mol. The molecule has 19 heavy (non-hydrogen) atoms. The van der Waals surface area contributed by atoms with Gasteiger partial charge in [0.05, 0.1) is 4.90 Å². The quantitative estimate of drug-likeness (QED) is 0.902. The number of piperazine rings is 1. The van der Waals surface area contributed by atoms with Crippen LogP contribution in [0.15, 0.2) is 16.3 Å². The van der Waals surface area contributed by atoms with Gasteiger partial charge in [-0.05, 0) is 32.3 Å². The van der Waals surface area contributed by atoms with Gasteiger partial charge in [0, 0.05) is 36.6 Å². The zero-order valence-corrected chi connectivity index (χ0v) is 13.2. The Morgan fingerprint density at radius 1 is 1.37 bits per heavy atom. The monoisotopic (exact) mass is 303 g/mol. The van der Waals surface area contributed by atoms with Gasteiger partial charge in [0.2, 0.25) is 10.0 Å². The lowest BCUT2D eigenvalue weighted by Crippen LogP contribution is -2.56. The number of likely N-dealkylation sites (N-methyl/N-ethyl adjacent to an activating group) is 1. The Morgan fingerprint density at radius 2 is 1.95 bits per heavy atom. The van der Waals surface area contributed by atoms with E-state index in [0.717, 1.165) is 4.88 Å². The lowest BCUT2D eigenvalue weighted by atomic mass is 10.1. The second-order valence-corrected chi connectivity index (χ2v) is 8.00. The number of thiophene rings is 1. The molecule has 0 bridgehead atoms. The first-order chi connectivity index (χ1) is 8.87. The van der Waals surface area contributed by atoms with Gasteiger partial charge in [-0.25, -0.2) is 8.42 Å². The van der Waals surface area contributed by atoms with Crippen molar-refractivity contribution in [3.05, 3.63) is 16.3 Å². The van der Waals surface area contributed by atoms with Crippen molar-refractivity contribution >= 4 is 21.4 Å². The summed E-state index contributed by atoms with van der Waals surface area (Å²) in [5.74, 6) is 0. The second kappa shape index (κ2) is 5.49. The van der Waals surface area contributed by atoms with Crippen molar-refractivity contribution in [3.8, 4) is 0 Å². The van der Waals surface area contributed by atoms with E-state index < -0.39 is 10.0 Å². The van der Waals surface area contributed by atoms with Crippen LogP contribution in [0.2, 0.25) is 0 Å². The van der Waals surface area contributed by atoms with Crippen LogP contribution < -0.4 is 5.73 Å². The molecule has 7 heteroatoms. The molecule has 1 fully saturated rings. The maximum Gasteiger partial charge on any atom is 0.244 e. The second-order valence-electron chi connectivity index (χ2n) is 5.10. The van der Waals surface area contributed by atoms with E-state index in [1.165, 1.54) is 11.3 Å². The third-order valence-electron chi connectivity index (χ3n) is 3.83. The summed E-state index contributed by atoms with van der Waals surface area (Å²) in [6, 6.07) is 2.10. The molecule has 5 nitrogen and oxygen atoms in total. The van der Waals surface area contributed by atoms with Crippen LogP contribution in [-0.4, -0.2) is 49.8 Å². The van der Waals surface area contributed by atoms with Crippen LogP contribution in [-0.2, 0) is 16.6 Å². The predicted octanol–water partition coefficient (Wildman–Crippen LogP) is 0.920. The summed E-state index contributed by atoms with van der Waals surface area (Å²) >= 11 is 1.40. The first-order valence-electron chi connectivity index (χ1n) is 6.36. The van der Waals surface area contributed by atoms with Crippen molar-refractivity contribution in [2.24, 2.45) is 5.73 Å². The molecule has 1 saturated heterocycles. The molecule has 1 aliphatic rings. The Kier molecular flexibility index (Phi) is 4.32. The van der Waals surface area contributed by atoms with Crippen molar-refractivity contribution in [2.45, 2.75) is 37.4 Å². The number of hydrogen-bond acceptors (Lipinski definition) is 5. The number of nitrogens with zero attached hydrogens (tertiary/aromatic N) is 2. The zero-order chi connectivity index (χ0) is 14.2. The van der Waals surface area contributed by atoms with E-state index in [1.54, 1.807) is 15.8 Å². The Morgan fingerprint density at radius 3 is 2.47 bits per heavy atom. The lowest BCUT2D eigenvalue weighted by molar-refractivity contribution is 0.105. The summed E-state index contributed by atoms with van der Waals surface area (Å²) in [7, 11) is -1.38. The summed E-state index contributed by atoms with van der Waals surface area (Å²) in [4.78, 5) is 3.33. The molecule has 0 aromatic carbocycles. The molecule has 2 atom stereocenters. The van der Waals surface area contributed by atoms with E-state index in [9.17, 15) is 8.42 Å². The summed E-state index contributed by atoms with van der Waals surface area (Å²) in [5, 5.41) is 1.79. The maximum absolute atomic E-state index is 12.7. The molecule has 2 unspecified atom stereocenters. The Balaban J connectivity index is 2.31. The van der Waals surface area contributed by atoms with Crippen molar-refractivity contribution < 1.29 is 8.42 Å². The lowest BCUT2D eigenvalue weighted by Gasteiger charge is -2.41. The van der Waals surface area contributed by atoms with Gasteiger partial charge in [-0.2, -0.15) is 4.31 Å². The minimum Gasteiger partial charge on any atom is -0.326 e. The first kappa shape index (κ1) is 14.9. The molecule has 1 aromatic heterocycles. The first-order valence-corrected chi connectivity index (χ1v) is 8.68. The topological polar surface area (TPSA) is 66.6 Å². The summed E-state index contributed by atoms with van der Waals surface area (Å²) < 4.78 is 27.0. The van der Waals surface area contributed by atoms with E-state index in [1.807, 2.05) is 7.05 Å². The van der Waals surface area contributed by atoms with Crippen LogP contribution in [0.3, 0.4) is 0 Å². The van der Waals surface area contributed by atoms with Gasteiger partial charge in [0.15, 0.2) is 0 Å². The summed E-state index contributed by atoms with van der Waals surface area (Å²) in [6.07, 6.45) is 0. The number of rotatable bonds is 3. The van der Waals surface area contributed by atoms with Gasteiger partial charge < -0.3 is 5.73 Å². The standard InChI is InChI=1S/C12H21N3O2S2/c1-9-7-15(8-10(2)14(9)3)19(16,17)12-4-5-18-11(12)6-13/h4-5,9-10H,6-8,13H2,1-3H3. The van der Waals surface area contributed by atoms with E-state index in [0.29, 0.717) is 18.0 Å². The molecule has 2 N–H and O–H groups in total. The van der Waals surface area contributed by atoms with E-state index in [-0.39, 0.29) is 18.6 Å². The van der Waals surface area contributed by atoms with Gasteiger partial charge in [0.25, 0.3) is 0 Å². The minimum atomic E-state index is -3.41. The highest BCUT2D eigenvalue weighted by atomic mass is 32.2. The highest BCUT2D eigenvalue weighted by molar-refractivity contribution is 7.89. The molecule has 1 aliphatic heterocycles.